The molecule has 0 aliphatic carbocycles. The van der Waals surface area contributed by atoms with Gasteiger partial charge in [0.15, 0.2) is 0 Å². The van der Waals surface area contributed by atoms with Crippen LogP contribution in [0.1, 0.15) is 24.8 Å². The summed E-state index contributed by atoms with van der Waals surface area (Å²) in [4.78, 5) is 19.5. The van der Waals surface area contributed by atoms with E-state index in [1.54, 1.807) is 0 Å². The fraction of sp³-hybridized carbons (Fsp3) is 0.611. The Morgan fingerprint density at radius 3 is 2.78 bits per heavy atom. The molecule has 1 amide bonds. The van der Waals surface area contributed by atoms with Gasteiger partial charge in [0.1, 0.15) is 6.04 Å². The molecule has 2 saturated heterocycles. The van der Waals surface area contributed by atoms with Crippen LogP contribution in [0.5, 0.6) is 0 Å². The molecule has 1 N–H and O–H groups in total. The lowest BCUT2D eigenvalue weighted by Crippen LogP contribution is -2.50. The van der Waals surface area contributed by atoms with E-state index < -0.39 is 0 Å². The number of nitrogens with zero attached hydrogens (tertiary/aromatic N) is 3. The number of likely N-dealkylation sites (N-methyl/N-ethyl adjacent to an activating group) is 1. The third-order valence-electron chi connectivity index (χ3n) is 5.44. The first-order valence-corrected chi connectivity index (χ1v) is 8.82. The van der Waals surface area contributed by atoms with E-state index in [1.165, 1.54) is 17.7 Å². The second kappa shape index (κ2) is 6.13. The third kappa shape index (κ3) is 2.95. The molecular weight excluding hydrogens is 288 g/mol. The molecule has 23 heavy (non-hydrogen) atoms. The zero-order valence-corrected chi connectivity index (χ0v) is 13.9. The summed E-state index contributed by atoms with van der Waals surface area (Å²) in [6.07, 6.45) is 3.33. The molecule has 1 atom stereocenters. The standard InChI is InChI=1S/C18H26N4O/c1-20-8-10-21(11-9-20)13-14-5-6-16-15(12-14)19-18(23)17-4-2-3-7-22(16)17/h5-6,12,17H,2-4,7-11,13H2,1H3,(H,19,23). The van der Waals surface area contributed by atoms with Crippen molar-refractivity contribution in [2.45, 2.75) is 31.8 Å². The van der Waals surface area contributed by atoms with E-state index in [0.717, 1.165) is 57.8 Å². The molecule has 5 heteroatoms. The monoisotopic (exact) mass is 314 g/mol. The van der Waals surface area contributed by atoms with Gasteiger partial charge in [-0.25, -0.2) is 0 Å². The molecule has 5 nitrogen and oxygen atoms in total. The van der Waals surface area contributed by atoms with Gasteiger partial charge in [0, 0.05) is 39.3 Å². The van der Waals surface area contributed by atoms with Gasteiger partial charge in [-0.1, -0.05) is 6.07 Å². The Labute approximate surface area is 138 Å². The highest BCUT2D eigenvalue weighted by Gasteiger charge is 2.34. The van der Waals surface area contributed by atoms with Gasteiger partial charge in [-0.2, -0.15) is 0 Å². The predicted molar refractivity (Wildman–Crippen MR) is 92.8 cm³/mol. The molecule has 0 aromatic heterocycles. The summed E-state index contributed by atoms with van der Waals surface area (Å²) in [5.41, 5.74) is 3.50. The lowest BCUT2D eigenvalue weighted by Gasteiger charge is -2.41. The maximum atomic E-state index is 12.4. The van der Waals surface area contributed by atoms with Crippen molar-refractivity contribution in [3.63, 3.8) is 0 Å². The summed E-state index contributed by atoms with van der Waals surface area (Å²) in [6.45, 7) is 6.49. The van der Waals surface area contributed by atoms with Crippen molar-refractivity contribution in [2.24, 2.45) is 0 Å². The predicted octanol–water partition coefficient (Wildman–Crippen LogP) is 1.74. The average molecular weight is 314 g/mol. The molecule has 1 aromatic rings. The second-order valence-electron chi connectivity index (χ2n) is 7.13. The molecule has 0 radical (unpaired) electrons. The van der Waals surface area contributed by atoms with Crippen molar-refractivity contribution in [2.75, 3.05) is 50.0 Å². The molecule has 1 unspecified atom stereocenters. The van der Waals surface area contributed by atoms with Crippen molar-refractivity contribution in [1.29, 1.82) is 0 Å². The zero-order valence-electron chi connectivity index (χ0n) is 13.9. The average Bonchev–Trinajstić information content (AvgIpc) is 2.57. The third-order valence-corrected chi connectivity index (χ3v) is 5.44. The molecule has 0 bridgehead atoms. The summed E-state index contributed by atoms with van der Waals surface area (Å²) in [6, 6.07) is 6.66. The number of piperidine rings is 1. The van der Waals surface area contributed by atoms with Crippen LogP contribution in [0.25, 0.3) is 0 Å². The number of nitrogens with one attached hydrogen (secondary N) is 1. The first kappa shape index (κ1) is 15.0. The quantitative estimate of drug-likeness (QED) is 0.902. The summed E-state index contributed by atoms with van der Waals surface area (Å²) in [5.74, 6) is 0.175. The van der Waals surface area contributed by atoms with Gasteiger partial charge in [-0.15, -0.1) is 0 Å². The number of rotatable bonds is 2. The highest BCUT2D eigenvalue weighted by molar-refractivity contribution is 6.03. The summed E-state index contributed by atoms with van der Waals surface area (Å²) >= 11 is 0. The number of carbonyl (C=O) groups is 1. The van der Waals surface area contributed by atoms with Gasteiger partial charge < -0.3 is 15.1 Å². The van der Waals surface area contributed by atoms with Crippen LogP contribution in [0.3, 0.4) is 0 Å². The minimum atomic E-state index is 0.0414. The highest BCUT2D eigenvalue weighted by atomic mass is 16.2. The molecule has 0 spiro atoms. The molecule has 4 rings (SSSR count). The van der Waals surface area contributed by atoms with Gasteiger partial charge in [0.2, 0.25) is 5.91 Å². The van der Waals surface area contributed by atoms with Crippen LogP contribution in [-0.2, 0) is 11.3 Å². The van der Waals surface area contributed by atoms with Crippen LogP contribution in [0, 0.1) is 0 Å². The van der Waals surface area contributed by atoms with Crippen molar-refractivity contribution in [3.8, 4) is 0 Å². The van der Waals surface area contributed by atoms with E-state index in [2.05, 4.69) is 45.3 Å². The molecular formula is C18H26N4O. The molecule has 2 fully saturated rings. The van der Waals surface area contributed by atoms with Crippen LogP contribution >= 0.6 is 0 Å². The van der Waals surface area contributed by atoms with E-state index in [4.69, 9.17) is 0 Å². The number of hydrogen-bond donors (Lipinski definition) is 1. The maximum Gasteiger partial charge on any atom is 0.247 e. The summed E-state index contributed by atoms with van der Waals surface area (Å²) < 4.78 is 0. The summed E-state index contributed by atoms with van der Waals surface area (Å²) in [5, 5.41) is 3.14. The van der Waals surface area contributed by atoms with Gasteiger partial charge in [-0.05, 0) is 44.0 Å². The van der Waals surface area contributed by atoms with Gasteiger partial charge in [0.05, 0.1) is 11.4 Å². The molecule has 1 aromatic carbocycles. The fourth-order valence-corrected chi connectivity index (χ4v) is 4.00. The lowest BCUT2D eigenvalue weighted by atomic mass is 9.97. The Bertz CT molecular complexity index is 595. The Balaban J connectivity index is 1.52. The van der Waals surface area contributed by atoms with Crippen molar-refractivity contribution >= 4 is 17.3 Å². The molecule has 3 aliphatic rings. The number of piperazine rings is 1. The Morgan fingerprint density at radius 2 is 1.96 bits per heavy atom. The van der Waals surface area contributed by atoms with E-state index in [9.17, 15) is 4.79 Å². The normalized spacial score (nSPS) is 25.7. The Kier molecular flexibility index (Phi) is 3.99. The fourth-order valence-electron chi connectivity index (χ4n) is 4.00. The van der Waals surface area contributed by atoms with Gasteiger partial charge in [-0.3, -0.25) is 9.69 Å². The number of carbonyl (C=O) groups excluding carboxylic acids is 1. The number of amides is 1. The molecule has 3 aliphatic heterocycles. The Morgan fingerprint density at radius 1 is 1.13 bits per heavy atom. The zero-order chi connectivity index (χ0) is 15.8. The lowest BCUT2D eigenvalue weighted by molar-refractivity contribution is -0.118. The van der Waals surface area contributed by atoms with Crippen LogP contribution < -0.4 is 10.2 Å². The van der Waals surface area contributed by atoms with Crippen molar-refractivity contribution < 1.29 is 4.79 Å². The van der Waals surface area contributed by atoms with E-state index in [1.807, 2.05) is 0 Å². The second-order valence-corrected chi connectivity index (χ2v) is 7.13. The van der Waals surface area contributed by atoms with Crippen LogP contribution in [0.4, 0.5) is 11.4 Å². The molecule has 3 heterocycles. The number of benzene rings is 1. The highest BCUT2D eigenvalue weighted by Crippen LogP contribution is 2.36. The number of hydrogen-bond acceptors (Lipinski definition) is 4. The summed E-state index contributed by atoms with van der Waals surface area (Å²) in [7, 11) is 2.18. The SMILES string of the molecule is CN1CCN(Cc2ccc3c(c2)NC(=O)C2CCCCN32)CC1. The van der Waals surface area contributed by atoms with Crippen molar-refractivity contribution in [1.82, 2.24) is 9.80 Å². The minimum absolute atomic E-state index is 0.0414. The number of anilines is 2. The molecule has 0 saturated carbocycles. The largest absolute Gasteiger partial charge is 0.358 e. The smallest absolute Gasteiger partial charge is 0.247 e. The number of fused-ring (bicyclic) bond motifs is 3. The van der Waals surface area contributed by atoms with Crippen molar-refractivity contribution in [3.05, 3.63) is 23.8 Å². The first-order valence-electron chi connectivity index (χ1n) is 8.82. The van der Waals surface area contributed by atoms with Gasteiger partial charge in [0.25, 0.3) is 0 Å². The molecule has 124 valence electrons. The van der Waals surface area contributed by atoms with E-state index in [0.29, 0.717) is 0 Å². The van der Waals surface area contributed by atoms with E-state index in [-0.39, 0.29) is 11.9 Å². The minimum Gasteiger partial charge on any atom is -0.358 e. The van der Waals surface area contributed by atoms with Gasteiger partial charge >= 0.3 is 0 Å². The van der Waals surface area contributed by atoms with E-state index >= 15 is 0 Å². The van der Waals surface area contributed by atoms with Crippen LogP contribution in [-0.4, -0.2) is 61.5 Å². The van der Waals surface area contributed by atoms with Crippen LogP contribution in [0.2, 0.25) is 0 Å². The first-order chi connectivity index (χ1) is 11.2. The van der Waals surface area contributed by atoms with Crippen LogP contribution in [0.15, 0.2) is 18.2 Å². The topological polar surface area (TPSA) is 38.8 Å². The maximum absolute atomic E-state index is 12.4. The Hall–Kier alpha value is -1.59.